The van der Waals surface area contributed by atoms with Crippen LogP contribution in [0.1, 0.15) is 6.92 Å². The standard InChI is InChI=1S/C20H14Cl2N4O3S2/c1-11(27)24-20-25-18-5-2-12(7-19(18)30-20)13-6-14(10-23-9-13)26-31(28,29)15-3-4-16(21)17(22)8-15/h2-10,26H,1H3,(H,24,25,27). The third-order valence-corrected chi connectivity index (χ3v) is 7.25. The fourth-order valence-electron chi connectivity index (χ4n) is 2.82. The number of thiazole rings is 1. The van der Waals surface area contributed by atoms with Crippen molar-refractivity contribution in [3.8, 4) is 11.1 Å². The number of pyridine rings is 1. The topological polar surface area (TPSA) is 101 Å². The first-order valence-electron chi connectivity index (χ1n) is 8.83. The Morgan fingerprint density at radius 1 is 1.00 bits per heavy atom. The van der Waals surface area contributed by atoms with E-state index in [1.165, 1.54) is 42.7 Å². The molecule has 0 saturated heterocycles. The van der Waals surface area contributed by atoms with Crippen molar-refractivity contribution in [2.24, 2.45) is 0 Å². The van der Waals surface area contributed by atoms with Crippen LogP contribution in [0.3, 0.4) is 0 Å². The van der Waals surface area contributed by atoms with Crippen LogP contribution in [0.4, 0.5) is 10.8 Å². The van der Waals surface area contributed by atoms with Gasteiger partial charge in [-0.2, -0.15) is 0 Å². The highest BCUT2D eigenvalue weighted by molar-refractivity contribution is 7.92. The Balaban J connectivity index is 1.63. The number of aromatic nitrogens is 2. The van der Waals surface area contributed by atoms with Gasteiger partial charge in [0.1, 0.15) is 0 Å². The molecule has 0 aliphatic heterocycles. The first-order chi connectivity index (χ1) is 14.7. The fourth-order valence-corrected chi connectivity index (χ4v) is 5.19. The number of fused-ring (bicyclic) bond motifs is 1. The highest BCUT2D eigenvalue weighted by atomic mass is 35.5. The molecular formula is C20H14Cl2N4O3S2. The Kier molecular flexibility index (Phi) is 5.85. The van der Waals surface area contributed by atoms with E-state index >= 15 is 0 Å². The minimum atomic E-state index is -3.88. The van der Waals surface area contributed by atoms with Crippen LogP contribution >= 0.6 is 34.5 Å². The quantitative estimate of drug-likeness (QED) is 0.387. The molecular weight excluding hydrogens is 479 g/mol. The largest absolute Gasteiger partial charge is 0.302 e. The van der Waals surface area contributed by atoms with E-state index in [1.807, 2.05) is 18.2 Å². The van der Waals surface area contributed by atoms with Crippen molar-refractivity contribution in [2.45, 2.75) is 11.8 Å². The molecule has 0 bridgehead atoms. The molecule has 2 heterocycles. The van der Waals surface area contributed by atoms with E-state index in [2.05, 4.69) is 20.0 Å². The molecule has 0 radical (unpaired) electrons. The Morgan fingerprint density at radius 3 is 2.55 bits per heavy atom. The molecule has 7 nitrogen and oxygen atoms in total. The maximum Gasteiger partial charge on any atom is 0.261 e. The predicted octanol–water partition coefficient (Wildman–Crippen LogP) is 5.42. The zero-order valence-corrected chi connectivity index (χ0v) is 19.0. The van der Waals surface area contributed by atoms with Crippen LogP contribution in [-0.4, -0.2) is 24.3 Å². The monoisotopic (exact) mass is 492 g/mol. The zero-order chi connectivity index (χ0) is 22.2. The van der Waals surface area contributed by atoms with E-state index in [0.717, 1.165) is 15.8 Å². The van der Waals surface area contributed by atoms with Gasteiger partial charge in [-0.25, -0.2) is 13.4 Å². The van der Waals surface area contributed by atoms with Crippen molar-refractivity contribution in [1.29, 1.82) is 0 Å². The maximum absolute atomic E-state index is 12.7. The van der Waals surface area contributed by atoms with Crippen molar-refractivity contribution < 1.29 is 13.2 Å². The molecule has 1 amide bonds. The first kappa shape index (κ1) is 21.5. The van der Waals surface area contributed by atoms with Gasteiger partial charge in [0.15, 0.2) is 5.13 Å². The lowest BCUT2D eigenvalue weighted by Gasteiger charge is -2.10. The Labute approximate surface area is 192 Å². The van der Waals surface area contributed by atoms with Gasteiger partial charge in [0.05, 0.1) is 37.0 Å². The number of nitrogens with one attached hydrogen (secondary N) is 2. The van der Waals surface area contributed by atoms with Crippen molar-refractivity contribution in [3.63, 3.8) is 0 Å². The summed E-state index contributed by atoms with van der Waals surface area (Å²) in [6.45, 7) is 1.42. The molecule has 158 valence electrons. The molecule has 0 aliphatic rings. The lowest BCUT2D eigenvalue weighted by atomic mass is 10.1. The van der Waals surface area contributed by atoms with E-state index in [9.17, 15) is 13.2 Å². The van der Waals surface area contributed by atoms with E-state index in [4.69, 9.17) is 23.2 Å². The van der Waals surface area contributed by atoms with Gasteiger partial charge in [-0.1, -0.05) is 40.6 Å². The smallest absolute Gasteiger partial charge is 0.261 e. The van der Waals surface area contributed by atoms with E-state index in [1.54, 1.807) is 12.3 Å². The predicted molar refractivity (Wildman–Crippen MR) is 124 cm³/mol. The van der Waals surface area contributed by atoms with Crippen LogP contribution in [0.5, 0.6) is 0 Å². The number of sulfonamides is 1. The van der Waals surface area contributed by atoms with E-state index in [-0.39, 0.29) is 20.8 Å². The van der Waals surface area contributed by atoms with Crippen molar-refractivity contribution in [2.75, 3.05) is 10.0 Å². The molecule has 2 aromatic heterocycles. The molecule has 31 heavy (non-hydrogen) atoms. The van der Waals surface area contributed by atoms with Crippen LogP contribution in [0.15, 0.2) is 59.8 Å². The summed E-state index contributed by atoms with van der Waals surface area (Å²) in [4.78, 5) is 19.7. The first-order valence-corrected chi connectivity index (χ1v) is 11.9. The normalized spacial score (nSPS) is 11.5. The highest BCUT2D eigenvalue weighted by Crippen LogP contribution is 2.32. The van der Waals surface area contributed by atoms with Crippen LogP contribution < -0.4 is 10.0 Å². The molecule has 4 rings (SSSR count). The Bertz CT molecular complexity index is 1420. The van der Waals surface area contributed by atoms with Crippen LogP contribution in [0.25, 0.3) is 21.3 Å². The number of carbonyl (C=O) groups excluding carboxylic acids is 1. The number of amides is 1. The lowest BCUT2D eigenvalue weighted by Crippen LogP contribution is -2.13. The van der Waals surface area contributed by atoms with Crippen molar-refractivity contribution in [1.82, 2.24) is 9.97 Å². The number of hydrogen-bond donors (Lipinski definition) is 2. The molecule has 0 atom stereocenters. The lowest BCUT2D eigenvalue weighted by molar-refractivity contribution is -0.114. The summed E-state index contributed by atoms with van der Waals surface area (Å²) in [6, 6.07) is 11.4. The summed E-state index contributed by atoms with van der Waals surface area (Å²) >= 11 is 13.2. The fraction of sp³-hybridized carbons (Fsp3) is 0.0500. The van der Waals surface area contributed by atoms with Gasteiger partial charge in [0.2, 0.25) is 5.91 Å². The number of rotatable bonds is 5. The van der Waals surface area contributed by atoms with Crippen molar-refractivity contribution in [3.05, 3.63) is 64.9 Å². The second kappa shape index (κ2) is 8.43. The van der Waals surface area contributed by atoms with E-state index < -0.39 is 10.0 Å². The number of hydrogen-bond acceptors (Lipinski definition) is 6. The van der Waals surface area contributed by atoms with Crippen molar-refractivity contribution >= 4 is 71.5 Å². The Morgan fingerprint density at radius 2 is 1.81 bits per heavy atom. The molecule has 4 aromatic rings. The number of carbonyl (C=O) groups is 1. The van der Waals surface area contributed by atoms with Gasteiger partial charge in [0.25, 0.3) is 10.0 Å². The van der Waals surface area contributed by atoms with Gasteiger partial charge in [-0.05, 0) is 42.0 Å². The van der Waals surface area contributed by atoms with Gasteiger partial charge < -0.3 is 5.32 Å². The average Bonchev–Trinajstić information content (AvgIpc) is 3.10. The average molecular weight is 493 g/mol. The Hall–Kier alpha value is -2.72. The molecule has 11 heteroatoms. The highest BCUT2D eigenvalue weighted by Gasteiger charge is 2.16. The van der Waals surface area contributed by atoms with Crippen LogP contribution in [-0.2, 0) is 14.8 Å². The molecule has 0 fully saturated rings. The van der Waals surface area contributed by atoms with E-state index in [0.29, 0.717) is 16.4 Å². The van der Waals surface area contributed by atoms with Gasteiger partial charge in [0, 0.05) is 18.7 Å². The minimum Gasteiger partial charge on any atom is -0.302 e. The number of anilines is 2. The molecule has 0 aliphatic carbocycles. The summed E-state index contributed by atoms with van der Waals surface area (Å²) in [5.41, 5.74) is 2.59. The second-order valence-electron chi connectivity index (χ2n) is 6.53. The number of nitrogens with zero attached hydrogens (tertiary/aromatic N) is 2. The summed E-state index contributed by atoms with van der Waals surface area (Å²) in [5.74, 6) is -0.189. The zero-order valence-electron chi connectivity index (χ0n) is 15.9. The number of halogens is 2. The molecule has 2 N–H and O–H groups in total. The third kappa shape index (κ3) is 4.80. The number of benzene rings is 2. The molecule has 0 saturated carbocycles. The molecule has 2 aromatic carbocycles. The second-order valence-corrected chi connectivity index (χ2v) is 10.1. The summed E-state index contributed by atoms with van der Waals surface area (Å²) in [6.07, 6.45) is 3.05. The molecule has 0 unspecified atom stereocenters. The van der Waals surface area contributed by atoms with Gasteiger partial charge in [-0.15, -0.1) is 0 Å². The van der Waals surface area contributed by atoms with Crippen LogP contribution in [0, 0.1) is 0 Å². The SMILES string of the molecule is CC(=O)Nc1nc2ccc(-c3cncc(NS(=O)(=O)c4ccc(Cl)c(Cl)c4)c3)cc2s1. The van der Waals surface area contributed by atoms with Gasteiger partial charge >= 0.3 is 0 Å². The van der Waals surface area contributed by atoms with Crippen LogP contribution in [0.2, 0.25) is 10.0 Å². The summed E-state index contributed by atoms with van der Waals surface area (Å²) < 4.78 is 28.8. The summed E-state index contributed by atoms with van der Waals surface area (Å²) in [7, 11) is -3.88. The van der Waals surface area contributed by atoms with Gasteiger partial charge in [-0.3, -0.25) is 14.5 Å². The third-order valence-electron chi connectivity index (χ3n) is 4.20. The minimum absolute atomic E-state index is 0.0103. The maximum atomic E-state index is 12.7. The molecule has 0 spiro atoms. The summed E-state index contributed by atoms with van der Waals surface area (Å²) in [5, 5.41) is 3.60.